The molecule has 0 aliphatic rings. The maximum Gasteiger partial charge on any atom is 0.330 e. The number of hydrogen-bond donors (Lipinski definition) is 1. The maximum absolute atomic E-state index is 10.2. The van der Waals surface area contributed by atoms with Crippen LogP contribution in [0.4, 0.5) is 0 Å². The van der Waals surface area contributed by atoms with Crippen LogP contribution in [0.3, 0.4) is 0 Å². The molecule has 0 aromatic carbocycles. The van der Waals surface area contributed by atoms with Crippen LogP contribution in [0.25, 0.3) is 0 Å². The van der Waals surface area contributed by atoms with E-state index in [1.807, 2.05) is 0 Å². The van der Waals surface area contributed by atoms with Crippen molar-refractivity contribution in [2.75, 3.05) is 0 Å². The van der Waals surface area contributed by atoms with Gasteiger partial charge >= 0.3 is 5.97 Å². The van der Waals surface area contributed by atoms with Crippen LogP contribution in [-0.4, -0.2) is 11.1 Å². The number of hydrogen-bond acceptors (Lipinski definition) is 1. The van der Waals surface area contributed by atoms with Crippen LogP contribution in [0.15, 0.2) is 23.8 Å². The van der Waals surface area contributed by atoms with Crippen molar-refractivity contribution in [1.82, 2.24) is 0 Å². The van der Waals surface area contributed by atoms with Crippen LogP contribution in [-0.2, 0) is 4.79 Å². The fourth-order valence-corrected chi connectivity index (χ4v) is 0.610. The molecule has 0 aromatic rings. The Labute approximate surface area is 84.9 Å². The summed E-state index contributed by atoms with van der Waals surface area (Å²) in [5, 5.41) is 8.41. The number of allylic oxidation sites excluding steroid dienone is 1. The van der Waals surface area contributed by atoms with E-state index in [0.29, 0.717) is 5.57 Å². The third kappa shape index (κ3) is 14.1. The van der Waals surface area contributed by atoms with Gasteiger partial charge in [0.1, 0.15) is 0 Å². The smallest absolute Gasteiger partial charge is 0.330 e. The van der Waals surface area contributed by atoms with Crippen molar-refractivity contribution >= 4 is 17.6 Å². The Bertz CT molecular complexity index is 174. The van der Waals surface area contributed by atoms with Gasteiger partial charge in [0.25, 0.3) is 0 Å². The molecule has 2 nitrogen and oxygen atoms in total. The highest BCUT2D eigenvalue weighted by Crippen LogP contribution is 2.00. The first-order valence-corrected chi connectivity index (χ1v) is 4.64. The molecule has 3 heteroatoms. The van der Waals surface area contributed by atoms with Gasteiger partial charge in [0.2, 0.25) is 0 Å². The Kier molecular flexibility index (Phi) is 12.8. The van der Waals surface area contributed by atoms with Gasteiger partial charge in [-0.05, 0) is 18.9 Å². The van der Waals surface area contributed by atoms with E-state index >= 15 is 0 Å². The maximum atomic E-state index is 10.2. The molecule has 0 saturated carbocycles. The number of carboxylic acid groups (broad SMARTS) is 1. The van der Waals surface area contributed by atoms with Gasteiger partial charge in [-0.2, -0.15) is 0 Å². The summed E-state index contributed by atoms with van der Waals surface area (Å²) in [5.74, 6) is -0.809. The molecule has 0 rings (SSSR count). The van der Waals surface area contributed by atoms with E-state index in [1.165, 1.54) is 5.54 Å². The second-order valence-electron chi connectivity index (χ2n) is 2.49. The second-order valence-corrected chi connectivity index (χ2v) is 2.80. The molecule has 0 aromatic heterocycles. The fraction of sp³-hybridized carbons (Fsp3) is 0.500. The Morgan fingerprint density at radius 2 is 2.08 bits per heavy atom. The van der Waals surface area contributed by atoms with E-state index in [9.17, 15) is 4.79 Å². The molecule has 0 spiro atoms. The van der Waals surface area contributed by atoms with Gasteiger partial charge < -0.3 is 5.11 Å². The third-order valence-electron chi connectivity index (χ3n) is 1.35. The minimum Gasteiger partial charge on any atom is -0.478 e. The number of carbonyl (C=O) groups is 1. The largest absolute Gasteiger partial charge is 0.478 e. The van der Waals surface area contributed by atoms with Crippen LogP contribution in [0.5, 0.6) is 0 Å². The molecule has 0 saturated heterocycles. The number of carboxylic acids is 1. The average molecular weight is 205 g/mol. The Hall–Kier alpha value is -0.760. The molecule has 0 aliphatic heterocycles. The summed E-state index contributed by atoms with van der Waals surface area (Å²) in [6.45, 7) is 6.84. The minimum absolute atomic E-state index is 0.452. The summed E-state index contributed by atoms with van der Waals surface area (Å²) in [6.07, 6.45) is 4.84. The molecule has 13 heavy (non-hydrogen) atoms. The standard InChI is InChI=1S/C8H14O2.C2H3Cl/c1-3-4-5-6-7(2)8(9)10;1-2-3/h6H,3-5H2,1-2H3,(H,9,10);2H,1H2/b7-6+;. The first-order valence-electron chi connectivity index (χ1n) is 4.21. The summed E-state index contributed by atoms with van der Waals surface area (Å²) in [6, 6.07) is 0. The molecule has 0 amide bonds. The van der Waals surface area contributed by atoms with Crippen molar-refractivity contribution in [3.05, 3.63) is 23.8 Å². The molecule has 1 N–H and O–H groups in total. The molecule has 0 atom stereocenters. The predicted octanol–water partition coefficient (Wildman–Crippen LogP) is 3.58. The van der Waals surface area contributed by atoms with Crippen molar-refractivity contribution in [3.8, 4) is 0 Å². The van der Waals surface area contributed by atoms with Crippen LogP contribution in [0, 0.1) is 0 Å². The van der Waals surface area contributed by atoms with Crippen molar-refractivity contribution in [2.24, 2.45) is 0 Å². The minimum atomic E-state index is -0.809. The summed E-state index contributed by atoms with van der Waals surface area (Å²) in [7, 11) is 0. The lowest BCUT2D eigenvalue weighted by Crippen LogP contribution is -1.95. The van der Waals surface area contributed by atoms with Gasteiger partial charge in [-0.1, -0.05) is 44.0 Å². The highest BCUT2D eigenvalue weighted by atomic mass is 35.5. The van der Waals surface area contributed by atoms with Crippen LogP contribution >= 0.6 is 11.6 Å². The normalized spacial score (nSPS) is 9.92. The van der Waals surface area contributed by atoms with Crippen LogP contribution in [0.1, 0.15) is 33.1 Å². The topological polar surface area (TPSA) is 37.3 Å². The van der Waals surface area contributed by atoms with Crippen molar-refractivity contribution < 1.29 is 9.90 Å². The lowest BCUT2D eigenvalue weighted by Gasteiger charge is -1.91. The lowest BCUT2D eigenvalue weighted by atomic mass is 10.2. The molecular formula is C10H17ClO2. The predicted molar refractivity (Wildman–Crippen MR) is 57.0 cm³/mol. The van der Waals surface area contributed by atoms with E-state index in [2.05, 4.69) is 13.5 Å². The van der Waals surface area contributed by atoms with Gasteiger partial charge in [-0.25, -0.2) is 4.79 Å². The number of unbranched alkanes of at least 4 members (excludes halogenated alkanes) is 2. The van der Waals surface area contributed by atoms with E-state index in [0.717, 1.165) is 19.3 Å². The quantitative estimate of drug-likeness (QED) is 0.562. The number of aliphatic carboxylic acids is 1. The molecule has 0 unspecified atom stereocenters. The second kappa shape index (κ2) is 11.2. The zero-order valence-corrected chi connectivity index (χ0v) is 8.97. The molecule has 0 radical (unpaired) electrons. The summed E-state index contributed by atoms with van der Waals surface area (Å²) in [5.41, 5.74) is 1.67. The summed E-state index contributed by atoms with van der Waals surface area (Å²) >= 11 is 4.76. The van der Waals surface area contributed by atoms with Gasteiger partial charge in [0.05, 0.1) is 0 Å². The average Bonchev–Trinajstić information content (AvgIpc) is 2.06. The zero-order valence-electron chi connectivity index (χ0n) is 8.22. The van der Waals surface area contributed by atoms with Crippen molar-refractivity contribution in [1.29, 1.82) is 0 Å². The van der Waals surface area contributed by atoms with E-state index < -0.39 is 5.97 Å². The van der Waals surface area contributed by atoms with E-state index in [-0.39, 0.29) is 0 Å². The highest BCUT2D eigenvalue weighted by Gasteiger charge is 1.96. The Morgan fingerprint density at radius 1 is 1.62 bits per heavy atom. The Morgan fingerprint density at radius 3 is 2.38 bits per heavy atom. The monoisotopic (exact) mass is 204 g/mol. The number of rotatable bonds is 4. The van der Waals surface area contributed by atoms with Gasteiger partial charge in [0.15, 0.2) is 0 Å². The molecule has 0 bridgehead atoms. The first-order chi connectivity index (χ1) is 6.09. The zero-order chi connectivity index (χ0) is 10.7. The number of halogens is 1. The lowest BCUT2D eigenvalue weighted by molar-refractivity contribution is -0.132. The summed E-state index contributed by atoms with van der Waals surface area (Å²) in [4.78, 5) is 10.2. The first kappa shape index (κ1) is 14.7. The summed E-state index contributed by atoms with van der Waals surface area (Å²) < 4.78 is 0. The van der Waals surface area contributed by atoms with Crippen LogP contribution in [0.2, 0.25) is 0 Å². The third-order valence-corrected chi connectivity index (χ3v) is 1.35. The fourth-order valence-electron chi connectivity index (χ4n) is 0.610. The van der Waals surface area contributed by atoms with Crippen LogP contribution < -0.4 is 0 Å². The molecular weight excluding hydrogens is 188 g/mol. The molecule has 76 valence electrons. The highest BCUT2D eigenvalue weighted by molar-refractivity contribution is 6.25. The van der Waals surface area contributed by atoms with E-state index in [4.69, 9.17) is 16.7 Å². The molecule has 0 fully saturated rings. The van der Waals surface area contributed by atoms with E-state index in [1.54, 1.807) is 13.0 Å². The van der Waals surface area contributed by atoms with Gasteiger partial charge in [-0.15, -0.1) is 0 Å². The van der Waals surface area contributed by atoms with Crippen molar-refractivity contribution in [3.63, 3.8) is 0 Å². The van der Waals surface area contributed by atoms with Gasteiger partial charge in [-0.3, -0.25) is 0 Å². The van der Waals surface area contributed by atoms with Gasteiger partial charge in [0, 0.05) is 5.57 Å². The Balaban J connectivity index is 0. The molecule has 0 aliphatic carbocycles. The molecule has 0 heterocycles. The van der Waals surface area contributed by atoms with Crippen molar-refractivity contribution in [2.45, 2.75) is 33.1 Å². The SMILES string of the molecule is C=CCl.CCCC/C=C(\C)C(=O)O.